The maximum atomic E-state index is 3.97. The molecule has 1 atom stereocenters. The Labute approximate surface area is 81.3 Å². The Balaban J connectivity index is 2.64. The van der Waals surface area contributed by atoms with Crippen molar-refractivity contribution in [1.82, 2.24) is 0 Å². The van der Waals surface area contributed by atoms with Crippen LogP contribution in [0.4, 0.5) is 0 Å². The summed E-state index contributed by atoms with van der Waals surface area (Å²) >= 11 is 0. The fourth-order valence-corrected chi connectivity index (χ4v) is 1.25. The predicted molar refractivity (Wildman–Crippen MR) is 58.9 cm³/mol. The van der Waals surface area contributed by atoms with Crippen LogP contribution in [0.25, 0.3) is 0 Å². The van der Waals surface area contributed by atoms with Gasteiger partial charge >= 0.3 is 0 Å². The molecular formula is C13H18. The molecule has 0 aliphatic carbocycles. The smallest absolute Gasteiger partial charge is 0.0197 e. The molecule has 0 amide bonds. The third-order valence-electron chi connectivity index (χ3n) is 2.50. The van der Waals surface area contributed by atoms with E-state index in [4.69, 9.17) is 0 Å². The lowest BCUT2D eigenvalue weighted by Gasteiger charge is -2.10. The summed E-state index contributed by atoms with van der Waals surface area (Å²) < 4.78 is 0. The van der Waals surface area contributed by atoms with Crippen molar-refractivity contribution in [3.05, 3.63) is 47.5 Å². The van der Waals surface area contributed by atoms with E-state index in [9.17, 15) is 0 Å². The first-order valence-corrected chi connectivity index (χ1v) is 4.80. The minimum atomic E-state index is 0.586. The Morgan fingerprint density at radius 2 is 1.85 bits per heavy atom. The van der Waals surface area contributed by atoms with Gasteiger partial charge in [0, 0.05) is 0 Å². The quantitative estimate of drug-likeness (QED) is 0.612. The van der Waals surface area contributed by atoms with Crippen LogP contribution in [0, 0.1) is 12.8 Å². The minimum Gasteiger partial charge on any atom is -0.0999 e. The standard InChI is InChI=1S/C13H18/c1-10(2)12(4)9-13-7-5-11(3)6-8-13/h5-8,12H,1,9H2,2-4H3. The number of hydrogen-bond donors (Lipinski definition) is 0. The first kappa shape index (κ1) is 10.0. The minimum absolute atomic E-state index is 0.586. The van der Waals surface area contributed by atoms with E-state index in [-0.39, 0.29) is 0 Å². The molecule has 0 heterocycles. The van der Waals surface area contributed by atoms with Gasteiger partial charge < -0.3 is 0 Å². The molecule has 1 aromatic carbocycles. The molecule has 0 heteroatoms. The number of rotatable bonds is 3. The summed E-state index contributed by atoms with van der Waals surface area (Å²) in [5.41, 5.74) is 3.99. The average Bonchev–Trinajstić information content (AvgIpc) is 2.08. The summed E-state index contributed by atoms with van der Waals surface area (Å²) in [4.78, 5) is 0. The van der Waals surface area contributed by atoms with Crippen molar-refractivity contribution in [2.75, 3.05) is 0 Å². The van der Waals surface area contributed by atoms with Crippen LogP contribution >= 0.6 is 0 Å². The molecule has 0 saturated carbocycles. The van der Waals surface area contributed by atoms with Gasteiger partial charge in [0.15, 0.2) is 0 Å². The highest BCUT2D eigenvalue weighted by Gasteiger charge is 2.03. The second-order valence-corrected chi connectivity index (χ2v) is 3.94. The maximum Gasteiger partial charge on any atom is -0.0197 e. The van der Waals surface area contributed by atoms with Crippen LogP contribution in [0.5, 0.6) is 0 Å². The van der Waals surface area contributed by atoms with Gasteiger partial charge in [-0.05, 0) is 31.7 Å². The molecule has 0 spiro atoms. The van der Waals surface area contributed by atoms with E-state index >= 15 is 0 Å². The molecule has 0 aromatic heterocycles. The zero-order chi connectivity index (χ0) is 9.84. The van der Waals surface area contributed by atoms with E-state index < -0.39 is 0 Å². The molecule has 0 bridgehead atoms. The Hall–Kier alpha value is -1.04. The largest absolute Gasteiger partial charge is 0.0999 e. The molecule has 13 heavy (non-hydrogen) atoms. The molecule has 70 valence electrons. The molecule has 1 aromatic rings. The third-order valence-corrected chi connectivity index (χ3v) is 2.50. The number of allylic oxidation sites excluding steroid dienone is 1. The van der Waals surface area contributed by atoms with Gasteiger partial charge in [-0.3, -0.25) is 0 Å². The molecule has 0 radical (unpaired) electrons. The van der Waals surface area contributed by atoms with Crippen molar-refractivity contribution in [2.24, 2.45) is 5.92 Å². The fourth-order valence-electron chi connectivity index (χ4n) is 1.25. The van der Waals surface area contributed by atoms with Gasteiger partial charge in [0.2, 0.25) is 0 Å². The van der Waals surface area contributed by atoms with Gasteiger partial charge in [-0.25, -0.2) is 0 Å². The van der Waals surface area contributed by atoms with Crippen molar-refractivity contribution in [1.29, 1.82) is 0 Å². The van der Waals surface area contributed by atoms with E-state index in [2.05, 4.69) is 51.6 Å². The van der Waals surface area contributed by atoms with Crippen molar-refractivity contribution in [3.8, 4) is 0 Å². The van der Waals surface area contributed by atoms with E-state index in [0.717, 1.165) is 6.42 Å². The summed E-state index contributed by atoms with van der Waals surface area (Å²) in [7, 11) is 0. The highest BCUT2D eigenvalue weighted by atomic mass is 14.1. The van der Waals surface area contributed by atoms with E-state index in [1.54, 1.807) is 0 Å². The van der Waals surface area contributed by atoms with E-state index in [1.807, 2.05) is 0 Å². The summed E-state index contributed by atoms with van der Waals surface area (Å²) in [6, 6.07) is 8.74. The normalized spacial score (nSPS) is 12.5. The van der Waals surface area contributed by atoms with Crippen LogP contribution in [0.15, 0.2) is 36.4 Å². The van der Waals surface area contributed by atoms with Crippen LogP contribution in [-0.4, -0.2) is 0 Å². The van der Waals surface area contributed by atoms with Crippen LogP contribution in [0.2, 0.25) is 0 Å². The summed E-state index contributed by atoms with van der Waals surface area (Å²) in [5.74, 6) is 0.586. The highest BCUT2D eigenvalue weighted by molar-refractivity contribution is 5.22. The van der Waals surface area contributed by atoms with E-state index in [1.165, 1.54) is 16.7 Å². The lowest BCUT2D eigenvalue weighted by Crippen LogP contribution is -1.99. The van der Waals surface area contributed by atoms with Gasteiger partial charge in [-0.1, -0.05) is 48.9 Å². The number of hydrogen-bond acceptors (Lipinski definition) is 0. The van der Waals surface area contributed by atoms with E-state index in [0.29, 0.717) is 5.92 Å². The van der Waals surface area contributed by atoms with Crippen LogP contribution < -0.4 is 0 Å². The zero-order valence-corrected chi connectivity index (χ0v) is 8.80. The summed E-state index contributed by atoms with van der Waals surface area (Å²) in [5, 5.41) is 0. The van der Waals surface area contributed by atoms with Crippen LogP contribution in [-0.2, 0) is 6.42 Å². The lowest BCUT2D eigenvalue weighted by atomic mass is 9.95. The van der Waals surface area contributed by atoms with Crippen molar-refractivity contribution < 1.29 is 0 Å². The Morgan fingerprint density at radius 1 is 1.31 bits per heavy atom. The average molecular weight is 174 g/mol. The summed E-state index contributed by atoms with van der Waals surface area (Å²) in [6.45, 7) is 10.4. The molecule has 0 saturated heterocycles. The third kappa shape index (κ3) is 3.06. The topological polar surface area (TPSA) is 0 Å². The van der Waals surface area contributed by atoms with Gasteiger partial charge in [-0.2, -0.15) is 0 Å². The zero-order valence-electron chi connectivity index (χ0n) is 8.80. The Kier molecular flexibility index (Phi) is 3.30. The van der Waals surface area contributed by atoms with Crippen molar-refractivity contribution in [3.63, 3.8) is 0 Å². The molecule has 0 aliphatic heterocycles. The number of benzene rings is 1. The second-order valence-electron chi connectivity index (χ2n) is 3.94. The Morgan fingerprint density at radius 3 is 2.31 bits per heavy atom. The predicted octanol–water partition coefficient (Wildman–Crippen LogP) is 3.75. The lowest BCUT2D eigenvalue weighted by molar-refractivity contribution is 0.680. The summed E-state index contributed by atoms with van der Waals surface area (Å²) in [6.07, 6.45) is 1.11. The highest BCUT2D eigenvalue weighted by Crippen LogP contribution is 2.14. The molecule has 0 nitrogen and oxygen atoms in total. The molecule has 0 fully saturated rings. The number of aryl methyl sites for hydroxylation is 1. The molecule has 1 rings (SSSR count). The first-order chi connectivity index (χ1) is 6.09. The van der Waals surface area contributed by atoms with Crippen molar-refractivity contribution in [2.45, 2.75) is 27.2 Å². The molecular weight excluding hydrogens is 156 g/mol. The van der Waals surface area contributed by atoms with Gasteiger partial charge in [0.1, 0.15) is 0 Å². The monoisotopic (exact) mass is 174 g/mol. The Bertz CT molecular complexity index is 279. The molecule has 1 unspecified atom stereocenters. The van der Waals surface area contributed by atoms with Crippen molar-refractivity contribution >= 4 is 0 Å². The molecule has 0 aliphatic rings. The second kappa shape index (κ2) is 4.27. The van der Waals surface area contributed by atoms with Crippen LogP contribution in [0.3, 0.4) is 0 Å². The van der Waals surface area contributed by atoms with Gasteiger partial charge in [0.05, 0.1) is 0 Å². The molecule has 0 N–H and O–H groups in total. The first-order valence-electron chi connectivity index (χ1n) is 4.80. The van der Waals surface area contributed by atoms with Gasteiger partial charge in [-0.15, -0.1) is 0 Å². The van der Waals surface area contributed by atoms with Gasteiger partial charge in [0.25, 0.3) is 0 Å². The maximum absolute atomic E-state index is 3.97. The fraction of sp³-hybridized carbons (Fsp3) is 0.385. The SMILES string of the molecule is C=C(C)C(C)Cc1ccc(C)cc1. The van der Waals surface area contributed by atoms with Crippen LogP contribution in [0.1, 0.15) is 25.0 Å².